The molecule has 1 aliphatic rings. The van der Waals surface area contributed by atoms with Crippen LogP contribution in [0.5, 0.6) is 5.75 Å². The molecule has 2 N–H and O–H groups in total. The summed E-state index contributed by atoms with van der Waals surface area (Å²) in [5.41, 5.74) is 3.21. The van der Waals surface area contributed by atoms with Crippen LogP contribution in [0.2, 0.25) is 0 Å². The van der Waals surface area contributed by atoms with Gasteiger partial charge in [-0.2, -0.15) is 0 Å². The number of benzene rings is 2. The molecule has 2 aromatic carbocycles. The third-order valence-corrected chi connectivity index (χ3v) is 4.01. The lowest BCUT2D eigenvalue weighted by Gasteiger charge is -2.09. The lowest BCUT2D eigenvalue weighted by molar-refractivity contribution is -0.116. The highest BCUT2D eigenvalue weighted by Gasteiger charge is 2.19. The van der Waals surface area contributed by atoms with Gasteiger partial charge in [0.2, 0.25) is 5.91 Å². The van der Waals surface area contributed by atoms with E-state index in [1.807, 2.05) is 60.8 Å². The predicted molar refractivity (Wildman–Crippen MR) is 89.1 cm³/mol. The average Bonchev–Trinajstić information content (AvgIpc) is 3.19. The van der Waals surface area contributed by atoms with Crippen molar-refractivity contribution in [2.75, 3.05) is 0 Å². The van der Waals surface area contributed by atoms with E-state index in [0.717, 1.165) is 27.8 Å². The maximum Gasteiger partial charge on any atom is 0.244 e. The molecule has 1 aliphatic heterocycles. The van der Waals surface area contributed by atoms with E-state index in [1.165, 1.54) is 0 Å². The number of H-pyrrole nitrogens is 1. The van der Waals surface area contributed by atoms with Crippen LogP contribution in [-0.2, 0) is 11.4 Å². The number of hydrogen-bond donors (Lipinski definition) is 2. The number of ether oxygens (including phenoxy) is 1. The second-order valence-corrected chi connectivity index (χ2v) is 5.57. The molecule has 0 saturated heterocycles. The minimum absolute atomic E-state index is 0.0548. The van der Waals surface area contributed by atoms with Crippen molar-refractivity contribution in [3.8, 4) is 5.75 Å². The molecule has 0 spiro atoms. The van der Waals surface area contributed by atoms with E-state index in [4.69, 9.17) is 4.74 Å². The summed E-state index contributed by atoms with van der Waals surface area (Å²) in [7, 11) is 0. The van der Waals surface area contributed by atoms with Gasteiger partial charge in [0.15, 0.2) is 0 Å². The lowest BCUT2D eigenvalue weighted by Crippen LogP contribution is -2.19. The van der Waals surface area contributed by atoms with E-state index in [0.29, 0.717) is 6.61 Å². The Kier molecular flexibility index (Phi) is 3.35. The van der Waals surface area contributed by atoms with Gasteiger partial charge in [-0.05, 0) is 23.8 Å². The first-order valence-corrected chi connectivity index (χ1v) is 7.56. The van der Waals surface area contributed by atoms with Crippen molar-refractivity contribution in [1.29, 1.82) is 0 Å². The summed E-state index contributed by atoms with van der Waals surface area (Å²) in [6.45, 7) is 0.534. The van der Waals surface area contributed by atoms with Crippen molar-refractivity contribution < 1.29 is 9.53 Å². The van der Waals surface area contributed by atoms with Crippen LogP contribution in [0.1, 0.15) is 17.2 Å². The number of fused-ring (bicyclic) bond motifs is 1. The first kappa shape index (κ1) is 13.6. The van der Waals surface area contributed by atoms with Gasteiger partial charge in [-0.15, -0.1) is 0 Å². The van der Waals surface area contributed by atoms with Gasteiger partial charge in [0, 0.05) is 28.7 Å². The van der Waals surface area contributed by atoms with E-state index >= 15 is 0 Å². The first-order chi connectivity index (χ1) is 11.3. The number of carbonyl (C=O) groups excluding carboxylic acids is 1. The minimum Gasteiger partial charge on any atom is -0.489 e. The molecule has 0 bridgehead atoms. The van der Waals surface area contributed by atoms with Gasteiger partial charge < -0.3 is 15.0 Å². The Morgan fingerprint density at radius 2 is 1.96 bits per heavy atom. The van der Waals surface area contributed by atoms with Crippen LogP contribution >= 0.6 is 0 Å². The topological polar surface area (TPSA) is 54.1 Å². The smallest absolute Gasteiger partial charge is 0.244 e. The summed E-state index contributed by atoms with van der Waals surface area (Å²) in [6, 6.07) is 16.0. The van der Waals surface area contributed by atoms with Gasteiger partial charge in [0.05, 0.1) is 6.04 Å². The van der Waals surface area contributed by atoms with Crippen LogP contribution in [0.4, 0.5) is 0 Å². The van der Waals surface area contributed by atoms with Crippen LogP contribution in [0.25, 0.3) is 10.9 Å². The van der Waals surface area contributed by atoms with Gasteiger partial charge in [0.1, 0.15) is 12.4 Å². The van der Waals surface area contributed by atoms with Crippen molar-refractivity contribution in [2.45, 2.75) is 12.6 Å². The van der Waals surface area contributed by atoms with Crippen molar-refractivity contribution in [3.63, 3.8) is 0 Å². The number of carbonyl (C=O) groups is 1. The highest BCUT2D eigenvalue weighted by molar-refractivity contribution is 5.93. The standard InChI is InChI=1S/C19H16N2O2/c22-19-9-8-18(21-19)16-11-20-17-7-6-14(10-15(16)17)23-12-13-4-2-1-3-5-13/h1-11,18,20H,12H2,(H,21,22). The summed E-state index contributed by atoms with van der Waals surface area (Å²) >= 11 is 0. The molecule has 1 unspecified atom stereocenters. The van der Waals surface area contributed by atoms with Gasteiger partial charge in [0.25, 0.3) is 0 Å². The second-order valence-electron chi connectivity index (χ2n) is 5.57. The third-order valence-electron chi connectivity index (χ3n) is 4.01. The monoisotopic (exact) mass is 304 g/mol. The molecule has 1 atom stereocenters. The fourth-order valence-electron chi connectivity index (χ4n) is 2.82. The zero-order chi connectivity index (χ0) is 15.6. The molecule has 4 nitrogen and oxygen atoms in total. The van der Waals surface area contributed by atoms with Crippen molar-refractivity contribution in [2.24, 2.45) is 0 Å². The fraction of sp³-hybridized carbons (Fsp3) is 0.105. The predicted octanol–water partition coefficient (Wildman–Crippen LogP) is 3.47. The Balaban J connectivity index is 1.59. The van der Waals surface area contributed by atoms with Crippen LogP contribution in [-0.4, -0.2) is 10.9 Å². The number of aromatic amines is 1. The van der Waals surface area contributed by atoms with Gasteiger partial charge in [-0.1, -0.05) is 36.4 Å². The Labute approximate surface area is 133 Å². The number of aromatic nitrogens is 1. The van der Waals surface area contributed by atoms with Crippen molar-refractivity contribution in [3.05, 3.63) is 78.0 Å². The van der Waals surface area contributed by atoms with E-state index in [9.17, 15) is 4.79 Å². The molecule has 2 heterocycles. The van der Waals surface area contributed by atoms with Crippen LogP contribution < -0.4 is 10.1 Å². The molecular weight excluding hydrogens is 288 g/mol. The van der Waals surface area contributed by atoms with Crippen LogP contribution in [0.15, 0.2) is 66.9 Å². The first-order valence-electron chi connectivity index (χ1n) is 7.56. The van der Waals surface area contributed by atoms with Crippen LogP contribution in [0.3, 0.4) is 0 Å². The van der Waals surface area contributed by atoms with Crippen molar-refractivity contribution >= 4 is 16.8 Å². The molecule has 3 aromatic rings. The largest absolute Gasteiger partial charge is 0.489 e. The summed E-state index contributed by atoms with van der Waals surface area (Å²) in [5, 5.41) is 3.98. The van der Waals surface area contributed by atoms with E-state index in [-0.39, 0.29) is 11.9 Å². The van der Waals surface area contributed by atoms with E-state index in [1.54, 1.807) is 6.08 Å². The molecule has 1 aromatic heterocycles. The number of rotatable bonds is 4. The SMILES string of the molecule is O=C1C=CC(c2c[nH]c3ccc(OCc4ccccc4)cc23)N1. The summed E-state index contributed by atoms with van der Waals surface area (Å²) in [6.07, 6.45) is 5.38. The van der Waals surface area contributed by atoms with Gasteiger partial charge in [-0.3, -0.25) is 4.79 Å². The molecule has 4 rings (SSSR count). The van der Waals surface area contributed by atoms with E-state index < -0.39 is 0 Å². The lowest BCUT2D eigenvalue weighted by atomic mass is 10.1. The fourth-order valence-corrected chi connectivity index (χ4v) is 2.82. The minimum atomic E-state index is -0.0828. The van der Waals surface area contributed by atoms with Crippen LogP contribution in [0, 0.1) is 0 Å². The number of hydrogen-bond acceptors (Lipinski definition) is 2. The molecular formula is C19H16N2O2. The maximum absolute atomic E-state index is 11.4. The second kappa shape index (κ2) is 5.65. The summed E-state index contributed by atoms with van der Waals surface area (Å²) in [4.78, 5) is 14.6. The molecule has 4 heteroatoms. The molecule has 0 fully saturated rings. The Morgan fingerprint density at radius 1 is 1.09 bits per heavy atom. The Bertz CT molecular complexity index is 881. The normalized spacial score (nSPS) is 16.7. The molecule has 0 aliphatic carbocycles. The van der Waals surface area contributed by atoms with Crippen molar-refractivity contribution in [1.82, 2.24) is 10.3 Å². The number of nitrogens with one attached hydrogen (secondary N) is 2. The quantitative estimate of drug-likeness (QED) is 0.775. The summed E-state index contributed by atoms with van der Waals surface area (Å²) in [5.74, 6) is 0.760. The third kappa shape index (κ3) is 2.71. The molecule has 1 amide bonds. The molecule has 114 valence electrons. The molecule has 0 radical (unpaired) electrons. The number of amides is 1. The highest BCUT2D eigenvalue weighted by atomic mass is 16.5. The average molecular weight is 304 g/mol. The Morgan fingerprint density at radius 3 is 2.74 bits per heavy atom. The Hall–Kier alpha value is -3.01. The van der Waals surface area contributed by atoms with Gasteiger partial charge >= 0.3 is 0 Å². The zero-order valence-corrected chi connectivity index (χ0v) is 12.5. The molecule has 23 heavy (non-hydrogen) atoms. The zero-order valence-electron chi connectivity index (χ0n) is 12.5. The molecule has 0 saturated carbocycles. The highest BCUT2D eigenvalue weighted by Crippen LogP contribution is 2.30. The summed E-state index contributed by atoms with van der Waals surface area (Å²) < 4.78 is 5.89. The maximum atomic E-state index is 11.4. The van der Waals surface area contributed by atoms with E-state index in [2.05, 4.69) is 10.3 Å². The van der Waals surface area contributed by atoms with Gasteiger partial charge in [-0.25, -0.2) is 0 Å².